The number of methoxy groups -OCH3 is 1. The Morgan fingerprint density at radius 3 is 2.76 bits per heavy atom. The van der Waals surface area contributed by atoms with E-state index in [1.807, 2.05) is 18.2 Å². The van der Waals surface area contributed by atoms with E-state index in [9.17, 15) is 14.0 Å². The molecule has 5 atom stereocenters. The third-order valence-electron chi connectivity index (χ3n) is 8.02. The van der Waals surface area contributed by atoms with Gasteiger partial charge in [-0.3, -0.25) is 9.78 Å². The minimum absolute atomic E-state index is 0.0702. The monoisotopic (exact) mass is 449 g/mol. The number of rotatable bonds is 3. The summed E-state index contributed by atoms with van der Waals surface area (Å²) in [6, 6.07) is 7.29. The Labute approximate surface area is 193 Å². The van der Waals surface area contributed by atoms with Crippen LogP contribution in [-0.2, 0) is 20.7 Å². The maximum absolute atomic E-state index is 14.0. The summed E-state index contributed by atoms with van der Waals surface area (Å²) < 4.78 is 24.8. The van der Waals surface area contributed by atoms with Crippen LogP contribution in [0.25, 0.3) is 5.57 Å². The number of fused-ring (bicyclic) bond motifs is 5. The van der Waals surface area contributed by atoms with Gasteiger partial charge in [-0.25, -0.2) is 9.18 Å². The average Bonchev–Trinajstić information content (AvgIpc) is 3.14. The number of halogens is 1. The summed E-state index contributed by atoms with van der Waals surface area (Å²) in [6.45, 7) is 3.68. The van der Waals surface area contributed by atoms with Gasteiger partial charge >= 0.3 is 11.9 Å². The molecule has 3 aliphatic rings. The van der Waals surface area contributed by atoms with E-state index in [1.165, 1.54) is 20.2 Å². The van der Waals surface area contributed by atoms with Gasteiger partial charge in [0.25, 0.3) is 0 Å². The van der Waals surface area contributed by atoms with Gasteiger partial charge < -0.3 is 9.47 Å². The molecule has 1 saturated carbocycles. The first-order valence-corrected chi connectivity index (χ1v) is 11.5. The van der Waals surface area contributed by atoms with E-state index in [4.69, 9.17) is 9.47 Å². The highest BCUT2D eigenvalue weighted by Gasteiger charge is 2.56. The molecule has 1 heterocycles. The molecule has 1 aromatic heterocycles. The molecule has 5 rings (SSSR count). The molecular weight excluding hydrogens is 421 g/mol. The van der Waals surface area contributed by atoms with Crippen molar-refractivity contribution in [1.29, 1.82) is 0 Å². The van der Waals surface area contributed by atoms with Gasteiger partial charge in [-0.15, -0.1) is 0 Å². The number of pyridine rings is 1. The van der Waals surface area contributed by atoms with Crippen LogP contribution in [0.2, 0.25) is 0 Å². The number of aryl methyl sites for hydroxylation is 1. The molecule has 5 nitrogen and oxygen atoms in total. The normalized spacial score (nSPS) is 29.9. The topological polar surface area (TPSA) is 65.5 Å². The van der Waals surface area contributed by atoms with Crippen molar-refractivity contribution >= 4 is 17.5 Å². The summed E-state index contributed by atoms with van der Waals surface area (Å²) in [5.41, 5.74) is 4.50. The van der Waals surface area contributed by atoms with Gasteiger partial charge in [-0.2, -0.15) is 0 Å². The Kier molecular flexibility index (Phi) is 5.34. The molecule has 3 aliphatic carbocycles. The second-order valence-electron chi connectivity index (χ2n) is 9.75. The van der Waals surface area contributed by atoms with Crippen LogP contribution >= 0.6 is 0 Å². The van der Waals surface area contributed by atoms with E-state index in [-0.39, 0.29) is 35.2 Å². The van der Waals surface area contributed by atoms with Crippen LogP contribution in [0.5, 0.6) is 0 Å². The van der Waals surface area contributed by atoms with E-state index < -0.39 is 0 Å². The predicted octanol–water partition coefficient (Wildman–Crippen LogP) is 5.10. The third kappa shape index (κ3) is 3.56. The molecule has 33 heavy (non-hydrogen) atoms. The second kappa shape index (κ2) is 8.08. The van der Waals surface area contributed by atoms with Gasteiger partial charge in [0.1, 0.15) is 11.9 Å². The Morgan fingerprint density at radius 1 is 1.21 bits per heavy atom. The fourth-order valence-corrected chi connectivity index (χ4v) is 6.78. The van der Waals surface area contributed by atoms with Crippen molar-refractivity contribution in [3.8, 4) is 0 Å². The maximum atomic E-state index is 14.0. The molecule has 0 radical (unpaired) electrons. The van der Waals surface area contributed by atoms with Gasteiger partial charge in [-0.05, 0) is 83.4 Å². The lowest BCUT2D eigenvalue weighted by atomic mass is 9.53. The van der Waals surface area contributed by atoms with Crippen LogP contribution < -0.4 is 0 Å². The molecule has 0 bridgehead atoms. The number of benzene rings is 1. The van der Waals surface area contributed by atoms with Gasteiger partial charge in [-0.1, -0.05) is 19.1 Å². The highest BCUT2D eigenvalue weighted by Crippen LogP contribution is 2.63. The van der Waals surface area contributed by atoms with Crippen molar-refractivity contribution in [2.45, 2.75) is 51.6 Å². The van der Waals surface area contributed by atoms with Crippen molar-refractivity contribution in [2.75, 3.05) is 7.11 Å². The molecule has 5 unspecified atom stereocenters. The minimum Gasteiger partial charge on any atom is -0.465 e. The Morgan fingerprint density at radius 2 is 2.03 bits per heavy atom. The molecule has 0 amide bonds. The molecule has 1 aromatic carbocycles. The molecule has 0 spiro atoms. The van der Waals surface area contributed by atoms with Crippen LogP contribution in [-0.4, -0.2) is 30.1 Å². The van der Waals surface area contributed by atoms with E-state index >= 15 is 0 Å². The number of aromatic nitrogens is 1. The van der Waals surface area contributed by atoms with E-state index in [2.05, 4.69) is 18.0 Å². The molecular formula is C27H28FNO4. The van der Waals surface area contributed by atoms with Crippen molar-refractivity contribution in [3.05, 3.63) is 70.8 Å². The van der Waals surface area contributed by atoms with Gasteiger partial charge in [0, 0.05) is 19.0 Å². The average molecular weight is 450 g/mol. The summed E-state index contributed by atoms with van der Waals surface area (Å²) in [5.74, 6) is -0.239. The number of esters is 2. The van der Waals surface area contributed by atoms with Crippen molar-refractivity contribution in [2.24, 2.45) is 17.3 Å². The van der Waals surface area contributed by atoms with Crippen LogP contribution in [0.4, 0.5) is 4.39 Å². The van der Waals surface area contributed by atoms with E-state index in [0.29, 0.717) is 23.8 Å². The lowest BCUT2D eigenvalue weighted by Gasteiger charge is -2.53. The van der Waals surface area contributed by atoms with Crippen LogP contribution in [0, 0.1) is 23.1 Å². The first-order valence-electron chi connectivity index (χ1n) is 11.5. The minimum atomic E-state index is -0.348. The highest BCUT2D eigenvalue weighted by atomic mass is 19.1. The Bertz CT molecular complexity index is 1160. The zero-order valence-electron chi connectivity index (χ0n) is 19.1. The SMILES string of the molecule is COC(=O)c1ccc2c(c1)CCC1C2C(OC(C)=O)CC2(C)C(c3cncc(F)c3)=CCC12. The van der Waals surface area contributed by atoms with E-state index in [1.54, 1.807) is 12.3 Å². The molecule has 1 fully saturated rings. The second-order valence-corrected chi connectivity index (χ2v) is 9.75. The van der Waals surface area contributed by atoms with E-state index in [0.717, 1.165) is 41.5 Å². The standard InChI is InChI=1S/C27H28FNO4/c1-15(30)33-24-12-27(2)22(18-11-19(28)14-29-13-18)8-9-23(27)21-7-4-16-10-17(26(31)32-3)5-6-20(16)25(21)24/h5-6,8,10-11,13-14,21,23-25H,4,7,9,12H2,1-3H3. The number of hydrogen-bond acceptors (Lipinski definition) is 5. The van der Waals surface area contributed by atoms with Crippen LogP contribution in [0.1, 0.15) is 66.1 Å². The van der Waals surface area contributed by atoms with Gasteiger partial charge in [0.05, 0.1) is 18.9 Å². The molecule has 0 N–H and O–H groups in total. The molecule has 6 heteroatoms. The maximum Gasteiger partial charge on any atom is 0.337 e. The largest absolute Gasteiger partial charge is 0.465 e. The van der Waals surface area contributed by atoms with Gasteiger partial charge in [0.2, 0.25) is 0 Å². The summed E-state index contributed by atoms with van der Waals surface area (Å²) in [6.07, 6.45) is 8.26. The van der Waals surface area contributed by atoms with Gasteiger partial charge in [0.15, 0.2) is 0 Å². The zero-order valence-corrected chi connectivity index (χ0v) is 19.1. The molecule has 2 aromatic rings. The molecule has 0 saturated heterocycles. The number of allylic oxidation sites excluding steroid dienone is 2. The number of carbonyl (C=O) groups excluding carboxylic acids is 2. The summed E-state index contributed by atoms with van der Waals surface area (Å²) >= 11 is 0. The van der Waals surface area contributed by atoms with Crippen molar-refractivity contribution in [1.82, 2.24) is 4.98 Å². The smallest absolute Gasteiger partial charge is 0.337 e. The lowest BCUT2D eigenvalue weighted by molar-refractivity contribution is -0.154. The fraction of sp³-hybridized carbons (Fsp3) is 0.444. The zero-order chi connectivity index (χ0) is 23.3. The first-order chi connectivity index (χ1) is 15.8. The highest BCUT2D eigenvalue weighted by molar-refractivity contribution is 5.89. The summed E-state index contributed by atoms with van der Waals surface area (Å²) in [7, 11) is 1.38. The number of hydrogen-bond donors (Lipinski definition) is 0. The summed E-state index contributed by atoms with van der Waals surface area (Å²) in [5, 5.41) is 0. The quantitative estimate of drug-likeness (QED) is 0.610. The van der Waals surface area contributed by atoms with Crippen molar-refractivity contribution < 1.29 is 23.5 Å². The number of carbonyl (C=O) groups is 2. The van der Waals surface area contributed by atoms with Crippen molar-refractivity contribution in [3.63, 3.8) is 0 Å². The first kappa shape index (κ1) is 21.8. The molecule has 172 valence electrons. The lowest BCUT2D eigenvalue weighted by Crippen LogP contribution is -2.49. The molecule has 0 aliphatic heterocycles. The number of nitrogens with zero attached hydrogens (tertiary/aromatic N) is 1. The third-order valence-corrected chi connectivity index (χ3v) is 8.02. The fourth-order valence-electron chi connectivity index (χ4n) is 6.78. The Hall–Kier alpha value is -3.02. The number of ether oxygens (including phenoxy) is 2. The van der Waals surface area contributed by atoms with Crippen LogP contribution in [0.3, 0.4) is 0 Å². The predicted molar refractivity (Wildman–Crippen MR) is 121 cm³/mol. The Balaban J connectivity index is 1.55. The van der Waals surface area contributed by atoms with Crippen LogP contribution in [0.15, 0.2) is 42.7 Å². The summed E-state index contributed by atoms with van der Waals surface area (Å²) in [4.78, 5) is 28.2.